The van der Waals surface area contributed by atoms with Crippen LogP contribution in [-0.4, -0.2) is 17.6 Å². The highest BCUT2D eigenvalue weighted by Crippen LogP contribution is 2.42. The molecule has 1 rings (SSSR count). The molecule has 0 aromatic heterocycles. The van der Waals surface area contributed by atoms with E-state index in [0.717, 1.165) is 6.42 Å². The van der Waals surface area contributed by atoms with E-state index >= 15 is 0 Å². The zero-order valence-corrected chi connectivity index (χ0v) is 12.6. The Morgan fingerprint density at radius 3 is 2.39 bits per heavy atom. The van der Waals surface area contributed by atoms with E-state index in [1.54, 1.807) is 0 Å². The first-order valence-corrected chi connectivity index (χ1v) is 6.90. The summed E-state index contributed by atoms with van der Waals surface area (Å²) in [6.07, 6.45) is 4.10. The number of carbonyl (C=O) groups is 1. The van der Waals surface area contributed by atoms with Gasteiger partial charge in [0, 0.05) is 0 Å². The largest absolute Gasteiger partial charge is 0.481 e. The maximum atomic E-state index is 11.4. The fourth-order valence-corrected chi connectivity index (χ4v) is 3.44. The van der Waals surface area contributed by atoms with Crippen LogP contribution in [0.5, 0.6) is 0 Å². The average molecular weight is 278 g/mol. The molecule has 0 radical (unpaired) electrons. The zero-order chi connectivity index (χ0) is 13.0. The van der Waals surface area contributed by atoms with Gasteiger partial charge in [-0.1, -0.05) is 27.2 Å². The van der Waals surface area contributed by atoms with Crippen LogP contribution < -0.4 is 5.73 Å². The van der Waals surface area contributed by atoms with E-state index in [4.69, 9.17) is 5.73 Å². The Morgan fingerprint density at radius 2 is 1.94 bits per heavy atom. The van der Waals surface area contributed by atoms with Crippen molar-refractivity contribution in [3.63, 3.8) is 0 Å². The molecule has 0 aliphatic heterocycles. The van der Waals surface area contributed by atoms with Crippen molar-refractivity contribution in [1.29, 1.82) is 0 Å². The lowest BCUT2D eigenvalue weighted by Crippen LogP contribution is -2.37. The number of nitrogens with two attached hydrogens (primary N) is 1. The number of hydrogen-bond acceptors (Lipinski definition) is 2. The molecule has 0 amide bonds. The molecule has 108 valence electrons. The molecule has 1 aliphatic carbocycles. The molecule has 1 saturated carbocycles. The summed E-state index contributed by atoms with van der Waals surface area (Å²) in [6, 6.07) is 0. The van der Waals surface area contributed by atoms with Crippen LogP contribution in [-0.2, 0) is 4.79 Å². The van der Waals surface area contributed by atoms with Crippen molar-refractivity contribution in [1.82, 2.24) is 0 Å². The molecule has 3 N–H and O–H groups in total. The lowest BCUT2D eigenvalue weighted by Gasteiger charge is -2.40. The van der Waals surface area contributed by atoms with E-state index in [9.17, 15) is 9.90 Å². The molecule has 4 heteroatoms. The maximum absolute atomic E-state index is 11.4. The number of carboxylic acid groups (broad SMARTS) is 1. The van der Waals surface area contributed by atoms with Gasteiger partial charge in [0.05, 0.1) is 5.92 Å². The first kappa shape index (κ1) is 17.7. The predicted octanol–water partition coefficient (Wildman–Crippen LogP) is 3.17. The lowest BCUT2D eigenvalue weighted by molar-refractivity contribution is -0.146. The monoisotopic (exact) mass is 277 g/mol. The lowest BCUT2D eigenvalue weighted by atomic mass is 9.65. The molecule has 0 aromatic rings. The maximum Gasteiger partial charge on any atom is 0.306 e. The molecule has 3 nitrogen and oxygen atoms in total. The van der Waals surface area contributed by atoms with Gasteiger partial charge >= 0.3 is 5.97 Å². The van der Waals surface area contributed by atoms with Gasteiger partial charge in [0.2, 0.25) is 0 Å². The highest BCUT2D eigenvalue weighted by Gasteiger charge is 2.38. The average Bonchev–Trinajstić information content (AvgIpc) is 2.24. The van der Waals surface area contributed by atoms with Crippen LogP contribution in [0.2, 0.25) is 0 Å². The van der Waals surface area contributed by atoms with Gasteiger partial charge in [-0.15, -0.1) is 12.4 Å². The van der Waals surface area contributed by atoms with Crippen molar-refractivity contribution in [2.75, 3.05) is 6.54 Å². The Bertz CT molecular complexity index is 258. The molecule has 1 aliphatic rings. The van der Waals surface area contributed by atoms with Crippen LogP contribution in [0.4, 0.5) is 0 Å². The minimum atomic E-state index is -0.653. The molecule has 18 heavy (non-hydrogen) atoms. The normalized spacial score (nSPS) is 29.7. The van der Waals surface area contributed by atoms with Crippen LogP contribution in [0.3, 0.4) is 0 Å². The Hall–Kier alpha value is -0.280. The van der Waals surface area contributed by atoms with Gasteiger partial charge in [-0.05, 0) is 49.5 Å². The third kappa shape index (κ3) is 4.43. The summed E-state index contributed by atoms with van der Waals surface area (Å²) in [5.41, 5.74) is 5.57. The van der Waals surface area contributed by atoms with E-state index in [2.05, 4.69) is 20.8 Å². The molecular formula is C14H28ClNO2. The number of hydrogen-bond donors (Lipinski definition) is 2. The van der Waals surface area contributed by atoms with E-state index < -0.39 is 5.97 Å². The quantitative estimate of drug-likeness (QED) is 0.811. The minimum Gasteiger partial charge on any atom is -0.481 e. The summed E-state index contributed by atoms with van der Waals surface area (Å²) >= 11 is 0. The van der Waals surface area contributed by atoms with Gasteiger partial charge < -0.3 is 10.8 Å². The zero-order valence-electron chi connectivity index (χ0n) is 11.8. The highest BCUT2D eigenvalue weighted by molar-refractivity contribution is 5.85. The fraction of sp³-hybridized carbons (Fsp3) is 0.929. The van der Waals surface area contributed by atoms with Crippen molar-refractivity contribution in [3.05, 3.63) is 0 Å². The van der Waals surface area contributed by atoms with Gasteiger partial charge in [-0.25, -0.2) is 0 Å². The molecule has 0 spiro atoms. The van der Waals surface area contributed by atoms with Gasteiger partial charge in [-0.3, -0.25) is 4.79 Å². The van der Waals surface area contributed by atoms with E-state index in [1.807, 2.05) is 0 Å². The Kier molecular flexibility index (Phi) is 7.88. The summed E-state index contributed by atoms with van der Waals surface area (Å²) in [6.45, 7) is 7.15. The summed E-state index contributed by atoms with van der Waals surface area (Å²) < 4.78 is 0. The SMILES string of the molecule is CC(C)C1CC[C@@H](C)C[C@H]1[C@H](CCN)C(=O)O.Cl. The van der Waals surface area contributed by atoms with Gasteiger partial charge in [0.1, 0.15) is 0 Å². The van der Waals surface area contributed by atoms with Gasteiger partial charge in [0.15, 0.2) is 0 Å². The minimum absolute atomic E-state index is 0. The molecule has 0 bridgehead atoms. The Balaban J connectivity index is 0.00000289. The number of halogens is 1. The number of aliphatic carboxylic acids is 1. The third-order valence-electron chi connectivity index (χ3n) is 4.39. The summed E-state index contributed by atoms with van der Waals surface area (Å²) in [5, 5.41) is 9.39. The van der Waals surface area contributed by atoms with Crippen LogP contribution in [0, 0.1) is 29.6 Å². The van der Waals surface area contributed by atoms with Crippen LogP contribution in [0.25, 0.3) is 0 Å². The van der Waals surface area contributed by atoms with Crippen molar-refractivity contribution in [2.45, 2.75) is 46.5 Å². The second-order valence-corrected chi connectivity index (χ2v) is 6.01. The molecule has 1 fully saturated rings. The van der Waals surface area contributed by atoms with Gasteiger partial charge in [0.25, 0.3) is 0 Å². The van der Waals surface area contributed by atoms with Gasteiger partial charge in [-0.2, -0.15) is 0 Å². The molecule has 1 unspecified atom stereocenters. The van der Waals surface area contributed by atoms with Crippen molar-refractivity contribution in [2.24, 2.45) is 35.3 Å². The Labute approximate surface area is 117 Å². The second kappa shape index (κ2) is 8.00. The summed E-state index contributed by atoms with van der Waals surface area (Å²) in [5.74, 6) is 1.22. The van der Waals surface area contributed by atoms with Crippen LogP contribution in [0.15, 0.2) is 0 Å². The first-order valence-electron chi connectivity index (χ1n) is 6.90. The first-order chi connectivity index (χ1) is 7.97. The van der Waals surface area contributed by atoms with Crippen LogP contribution >= 0.6 is 12.4 Å². The smallest absolute Gasteiger partial charge is 0.306 e. The van der Waals surface area contributed by atoms with E-state index in [0.29, 0.717) is 36.6 Å². The molecule has 0 aromatic carbocycles. The molecule has 4 atom stereocenters. The molecule has 0 saturated heterocycles. The Morgan fingerprint density at radius 1 is 1.33 bits per heavy atom. The van der Waals surface area contributed by atoms with Crippen molar-refractivity contribution >= 4 is 18.4 Å². The number of carboxylic acids is 1. The summed E-state index contributed by atoms with van der Waals surface area (Å²) in [7, 11) is 0. The fourth-order valence-electron chi connectivity index (χ4n) is 3.44. The van der Waals surface area contributed by atoms with E-state index in [-0.39, 0.29) is 18.3 Å². The predicted molar refractivity (Wildman–Crippen MR) is 76.9 cm³/mol. The standard InChI is InChI=1S/C14H27NO2.ClH/c1-9(2)11-5-4-10(3)8-13(11)12(6-7-15)14(16)17;/h9-13H,4-8,15H2,1-3H3,(H,16,17);1H/t10-,11?,12+,13-;/m1./s1. The third-order valence-corrected chi connectivity index (χ3v) is 4.39. The molecule has 0 heterocycles. The van der Waals surface area contributed by atoms with Crippen molar-refractivity contribution < 1.29 is 9.90 Å². The van der Waals surface area contributed by atoms with Crippen molar-refractivity contribution in [3.8, 4) is 0 Å². The molecular weight excluding hydrogens is 250 g/mol. The van der Waals surface area contributed by atoms with Crippen LogP contribution in [0.1, 0.15) is 46.5 Å². The topological polar surface area (TPSA) is 63.3 Å². The highest BCUT2D eigenvalue weighted by atomic mass is 35.5. The second-order valence-electron chi connectivity index (χ2n) is 6.01. The number of rotatable bonds is 5. The summed E-state index contributed by atoms with van der Waals surface area (Å²) in [4.78, 5) is 11.4. The van der Waals surface area contributed by atoms with E-state index in [1.165, 1.54) is 12.8 Å².